The molecule has 342 valence electrons. The topological polar surface area (TPSA) is 70.5 Å². The van der Waals surface area contributed by atoms with Crippen molar-refractivity contribution in [2.75, 3.05) is 61.6 Å². The van der Waals surface area contributed by atoms with Crippen molar-refractivity contribution >= 4 is 10.9 Å². The van der Waals surface area contributed by atoms with E-state index in [0.29, 0.717) is 22.7 Å². The Hall–Kier alpha value is -3.95. The SMILES string of the molecule is C=C[C@H]1CN2CC[C@H]1C[C@@H]2[C@@H](O)c1ccnc2ccc(OC)cc12.COc1ccc2c(c1)[C@]13CCCC[C@@H]1[C@H](C2)N(C)CC3.COc1ccc2c(c1)[C@]13CCCC[C@@H]1[C@H](C2)N(C)CC3. The highest BCUT2D eigenvalue weighted by atomic mass is 16.5. The summed E-state index contributed by atoms with van der Waals surface area (Å²) in [6, 6.07) is 23.2. The van der Waals surface area contributed by atoms with Crippen LogP contribution in [0.2, 0.25) is 0 Å². The summed E-state index contributed by atoms with van der Waals surface area (Å²) in [5.74, 6) is 5.83. The second-order valence-electron chi connectivity index (χ2n) is 21.0. The molecule has 4 aromatic rings. The molecule has 0 radical (unpaired) electrons. The van der Waals surface area contributed by atoms with E-state index in [2.05, 4.69) is 82.8 Å². The number of methoxy groups -OCH3 is 3. The molecule has 6 heterocycles. The van der Waals surface area contributed by atoms with E-state index in [4.69, 9.17) is 14.2 Å². The Morgan fingerprint density at radius 3 is 1.80 bits per heavy atom. The standard InChI is InChI=1S/C20H24N2O2.2C18H25NO/c1-3-13-12-22-9-7-14(13)10-19(22)20(23)16-6-8-21-18-5-4-15(24-2)11-17(16)18;2*1-19-10-9-18-8-4-3-5-15(18)17(19)11-13-6-7-14(20-2)12-16(13)18/h3-6,8,11,13-14,19-20,23H,1,7,9-10,12H2,2H3;2*6-7,12,15,17H,3-5,8-11H2,1-2H3/t13-,14-,19+,20-;2*15-,17+,18+/m011/s1. The number of hydrogen-bond acceptors (Lipinski definition) is 8. The van der Waals surface area contributed by atoms with Crippen LogP contribution in [0.15, 0.2) is 79.5 Å². The van der Waals surface area contributed by atoms with Crippen LogP contribution in [0.5, 0.6) is 17.2 Å². The largest absolute Gasteiger partial charge is 0.497 e. The summed E-state index contributed by atoms with van der Waals surface area (Å²) < 4.78 is 16.4. The number of fused-ring (bicyclic) bond motifs is 6. The Morgan fingerprint density at radius 2 is 1.27 bits per heavy atom. The number of rotatable bonds is 6. The van der Waals surface area contributed by atoms with Crippen LogP contribution in [0.3, 0.4) is 0 Å². The fourth-order valence-corrected chi connectivity index (χ4v) is 15.0. The first-order valence-electron chi connectivity index (χ1n) is 24.9. The summed E-state index contributed by atoms with van der Waals surface area (Å²) in [5.41, 5.74) is 9.19. The molecule has 7 fully saturated rings. The lowest BCUT2D eigenvalue weighted by molar-refractivity contribution is -0.0444. The van der Waals surface area contributed by atoms with Gasteiger partial charge in [-0.2, -0.15) is 0 Å². The lowest BCUT2D eigenvalue weighted by atomic mass is 9.52. The minimum absolute atomic E-state index is 0.178. The third-order valence-corrected chi connectivity index (χ3v) is 18.5. The van der Waals surface area contributed by atoms with Crippen molar-refractivity contribution in [2.24, 2.45) is 23.7 Å². The predicted molar refractivity (Wildman–Crippen MR) is 258 cm³/mol. The van der Waals surface area contributed by atoms with Crippen LogP contribution in [0, 0.1) is 23.7 Å². The van der Waals surface area contributed by atoms with Gasteiger partial charge < -0.3 is 29.1 Å². The van der Waals surface area contributed by atoms with E-state index in [9.17, 15) is 5.11 Å². The van der Waals surface area contributed by atoms with Gasteiger partial charge in [-0.1, -0.05) is 43.9 Å². The minimum Gasteiger partial charge on any atom is -0.497 e. The number of hydrogen-bond donors (Lipinski definition) is 1. The van der Waals surface area contributed by atoms with E-state index in [1.807, 2.05) is 24.3 Å². The Labute approximate surface area is 383 Å². The van der Waals surface area contributed by atoms with Crippen LogP contribution < -0.4 is 14.2 Å². The third-order valence-electron chi connectivity index (χ3n) is 18.5. The maximum Gasteiger partial charge on any atom is 0.119 e. The predicted octanol–water partition coefficient (Wildman–Crippen LogP) is 9.94. The first kappa shape index (κ1) is 43.9. The molecule has 0 amide bonds. The molecule has 2 saturated carbocycles. The first-order chi connectivity index (χ1) is 31.2. The molecule has 11 atom stereocenters. The highest BCUT2D eigenvalue weighted by molar-refractivity contribution is 5.84. The molecule has 6 bridgehead atoms. The van der Waals surface area contributed by atoms with Crippen molar-refractivity contribution in [3.05, 3.63) is 107 Å². The fraction of sp³-hybridized carbons (Fsp3) is 0.589. The molecule has 3 aromatic carbocycles. The average Bonchev–Trinajstić information content (AvgIpc) is 3.35. The van der Waals surface area contributed by atoms with Gasteiger partial charge in [-0.3, -0.25) is 9.88 Å². The van der Waals surface area contributed by atoms with Crippen LogP contribution in [-0.2, 0) is 23.7 Å². The van der Waals surface area contributed by atoms with Gasteiger partial charge in [-0.25, -0.2) is 0 Å². The van der Waals surface area contributed by atoms with Gasteiger partial charge in [0, 0.05) is 47.1 Å². The number of aliphatic hydroxyl groups is 1. The quantitative estimate of drug-likeness (QED) is 0.192. The van der Waals surface area contributed by atoms with E-state index in [1.54, 1.807) is 49.8 Å². The molecule has 64 heavy (non-hydrogen) atoms. The summed E-state index contributed by atoms with van der Waals surface area (Å²) in [6.45, 7) is 8.59. The molecule has 0 spiro atoms. The Kier molecular flexibility index (Phi) is 12.4. The monoisotopic (exact) mass is 867 g/mol. The van der Waals surface area contributed by atoms with Gasteiger partial charge in [-0.15, -0.1) is 6.58 Å². The molecule has 4 aliphatic carbocycles. The smallest absolute Gasteiger partial charge is 0.119 e. The van der Waals surface area contributed by atoms with Crippen molar-refractivity contribution in [3.8, 4) is 17.2 Å². The summed E-state index contributed by atoms with van der Waals surface area (Å²) in [7, 11) is 9.90. The van der Waals surface area contributed by atoms with Gasteiger partial charge in [0.25, 0.3) is 0 Å². The van der Waals surface area contributed by atoms with E-state index < -0.39 is 6.10 Å². The minimum atomic E-state index is -0.504. The lowest BCUT2D eigenvalue weighted by Crippen LogP contribution is -2.59. The van der Waals surface area contributed by atoms with E-state index in [-0.39, 0.29) is 6.04 Å². The molecule has 5 saturated heterocycles. The zero-order valence-electron chi connectivity index (χ0n) is 39.4. The Balaban J connectivity index is 0.000000114. The van der Waals surface area contributed by atoms with E-state index in [0.717, 1.165) is 77.1 Å². The number of aromatic nitrogens is 1. The number of piperidine rings is 5. The van der Waals surface area contributed by atoms with E-state index in [1.165, 1.54) is 96.6 Å². The molecule has 8 nitrogen and oxygen atoms in total. The van der Waals surface area contributed by atoms with Gasteiger partial charge in [-0.05, 0) is 198 Å². The van der Waals surface area contributed by atoms with Gasteiger partial charge >= 0.3 is 0 Å². The van der Waals surface area contributed by atoms with Crippen LogP contribution in [-0.4, -0.2) is 105 Å². The Morgan fingerprint density at radius 1 is 0.703 bits per heavy atom. The summed E-state index contributed by atoms with van der Waals surface area (Å²) in [5, 5.41) is 12.1. The summed E-state index contributed by atoms with van der Waals surface area (Å²) in [6.07, 6.45) is 22.1. The molecule has 1 N–H and O–H groups in total. The van der Waals surface area contributed by atoms with Crippen molar-refractivity contribution in [3.63, 3.8) is 0 Å². The molecular formula is C56H74N4O4. The second-order valence-corrected chi connectivity index (χ2v) is 21.0. The van der Waals surface area contributed by atoms with Crippen LogP contribution in [0.4, 0.5) is 0 Å². The average molecular weight is 867 g/mol. The molecule has 9 aliphatic rings. The molecule has 5 aliphatic heterocycles. The van der Waals surface area contributed by atoms with Gasteiger partial charge in [0.2, 0.25) is 0 Å². The number of likely N-dealkylation sites (N-methyl/N-ethyl adjacent to an activating group) is 2. The van der Waals surface area contributed by atoms with Gasteiger partial charge in [0.05, 0.1) is 33.0 Å². The zero-order valence-corrected chi connectivity index (χ0v) is 39.4. The normalized spacial score (nSPS) is 33.9. The highest BCUT2D eigenvalue weighted by Gasteiger charge is 2.54. The number of aliphatic hydroxyl groups excluding tert-OH is 1. The third kappa shape index (κ3) is 7.56. The lowest BCUT2D eigenvalue weighted by Gasteiger charge is -2.58. The first-order valence-corrected chi connectivity index (χ1v) is 24.9. The van der Waals surface area contributed by atoms with Crippen molar-refractivity contribution in [1.29, 1.82) is 0 Å². The molecule has 1 unspecified atom stereocenters. The molecular weight excluding hydrogens is 793 g/mol. The molecule has 8 heteroatoms. The van der Waals surface area contributed by atoms with Crippen molar-refractivity contribution in [2.45, 2.75) is 125 Å². The maximum absolute atomic E-state index is 11.2. The number of pyridine rings is 1. The summed E-state index contributed by atoms with van der Waals surface area (Å²) in [4.78, 5) is 12.1. The van der Waals surface area contributed by atoms with Crippen molar-refractivity contribution in [1.82, 2.24) is 19.7 Å². The van der Waals surface area contributed by atoms with Crippen LogP contribution in [0.1, 0.15) is 111 Å². The number of likely N-dealkylation sites (tertiary alicyclic amines) is 2. The number of benzene rings is 3. The Bertz CT molecular complexity index is 2220. The molecule has 1 aromatic heterocycles. The van der Waals surface area contributed by atoms with Crippen molar-refractivity contribution < 1.29 is 19.3 Å². The van der Waals surface area contributed by atoms with Gasteiger partial charge in [0.15, 0.2) is 0 Å². The number of ether oxygens (including phenoxy) is 3. The summed E-state index contributed by atoms with van der Waals surface area (Å²) >= 11 is 0. The molecule has 13 rings (SSSR count). The van der Waals surface area contributed by atoms with Gasteiger partial charge in [0.1, 0.15) is 17.2 Å². The highest BCUT2D eigenvalue weighted by Crippen LogP contribution is 2.57. The fourth-order valence-electron chi connectivity index (χ4n) is 15.0. The zero-order chi connectivity index (χ0) is 44.2. The second kappa shape index (κ2) is 18.0. The number of nitrogens with zero attached hydrogens (tertiary/aromatic N) is 4. The maximum atomic E-state index is 11.2. The van der Waals surface area contributed by atoms with Crippen LogP contribution in [0.25, 0.3) is 10.9 Å². The van der Waals surface area contributed by atoms with Crippen LogP contribution >= 0.6 is 0 Å². The van der Waals surface area contributed by atoms with E-state index >= 15 is 0 Å².